The Balaban J connectivity index is 1.83. The summed E-state index contributed by atoms with van der Waals surface area (Å²) in [6.07, 6.45) is -0.373. The van der Waals surface area contributed by atoms with Gasteiger partial charge in [-0.05, 0) is 43.7 Å². The van der Waals surface area contributed by atoms with Crippen molar-refractivity contribution in [1.29, 1.82) is 0 Å². The van der Waals surface area contributed by atoms with Crippen LogP contribution in [-0.2, 0) is 27.8 Å². The lowest BCUT2D eigenvalue weighted by Crippen LogP contribution is -2.47. The summed E-state index contributed by atoms with van der Waals surface area (Å²) < 4.78 is 27.3. The van der Waals surface area contributed by atoms with Gasteiger partial charge in [0.1, 0.15) is 6.10 Å². The number of hydrogen-bond acceptors (Lipinski definition) is 5. The summed E-state index contributed by atoms with van der Waals surface area (Å²) in [6, 6.07) is 5.20. The molecule has 1 N–H and O–H groups in total. The van der Waals surface area contributed by atoms with Crippen LogP contribution in [0.3, 0.4) is 0 Å². The van der Waals surface area contributed by atoms with Crippen molar-refractivity contribution in [3.8, 4) is 0 Å². The highest BCUT2D eigenvalue weighted by Gasteiger charge is 2.29. The van der Waals surface area contributed by atoms with Gasteiger partial charge in [-0.1, -0.05) is 6.07 Å². The second-order valence-corrected chi connectivity index (χ2v) is 8.76. The minimum absolute atomic E-state index is 0.280. The van der Waals surface area contributed by atoms with E-state index in [1.54, 1.807) is 17.0 Å². The van der Waals surface area contributed by atoms with Gasteiger partial charge in [-0.2, -0.15) is 4.31 Å². The van der Waals surface area contributed by atoms with Crippen LogP contribution < -0.4 is 0 Å². The third-order valence-electron chi connectivity index (χ3n) is 4.96. The third-order valence-corrected chi connectivity index (χ3v) is 6.85. The molecule has 7 nitrogen and oxygen atoms in total. The van der Waals surface area contributed by atoms with E-state index in [0.29, 0.717) is 32.6 Å². The van der Waals surface area contributed by atoms with E-state index in [0.717, 1.165) is 24.2 Å². The van der Waals surface area contributed by atoms with Gasteiger partial charge in [0.15, 0.2) is 0 Å². The Morgan fingerprint density at radius 2 is 1.80 bits per heavy atom. The number of rotatable bonds is 3. The van der Waals surface area contributed by atoms with E-state index < -0.39 is 16.1 Å². The zero-order valence-electron chi connectivity index (χ0n) is 14.7. The Bertz CT molecular complexity index is 755. The number of carbonyl (C=O) groups is 1. The molecule has 0 saturated carbocycles. The first-order valence-corrected chi connectivity index (χ1v) is 10.0. The molecule has 8 heteroatoms. The first-order chi connectivity index (χ1) is 11.8. The van der Waals surface area contributed by atoms with Gasteiger partial charge in [0.25, 0.3) is 5.91 Å². The van der Waals surface area contributed by atoms with Gasteiger partial charge in [-0.3, -0.25) is 4.79 Å². The number of benzene rings is 1. The molecular formula is C17H25N3O4S. The van der Waals surface area contributed by atoms with E-state index >= 15 is 0 Å². The van der Waals surface area contributed by atoms with E-state index in [1.807, 2.05) is 13.1 Å². The highest BCUT2D eigenvalue weighted by atomic mass is 32.2. The van der Waals surface area contributed by atoms with E-state index in [9.17, 15) is 18.3 Å². The van der Waals surface area contributed by atoms with Crippen LogP contribution >= 0.6 is 0 Å². The van der Waals surface area contributed by atoms with Gasteiger partial charge in [0.05, 0.1) is 4.90 Å². The van der Waals surface area contributed by atoms with E-state index in [4.69, 9.17) is 0 Å². The fraction of sp³-hybridized carbons (Fsp3) is 0.588. The van der Waals surface area contributed by atoms with Crippen molar-refractivity contribution in [3.63, 3.8) is 0 Å². The molecule has 0 unspecified atom stereocenters. The van der Waals surface area contributed by atoms with Crippen molar-refractivity contribution in [2.45, 2.75) is 30.9 Å². The van der Waals surface area contributed by atoms with Gasteiger partial charge in [0, 0.05) is 39.3 Å². The van der Waals surface area contributed by atoms with Crippen LogP contribution in [0.2, 0.25) is 0 Å². The number of likely N-dealkylation sites (N-methyl/N-ethyl adjacent to an activating group) is 1. The third kappa shape index (κ3) is 3.72. The summed E-state index contributed by atoms with van der Waals surface area (Å²) in [5.74, 6) is -0.321. The second kappa shape index (κ2) is 7.03. The smallest absolute Gasteiger partial charge is 0.251 e. The Labute approximate surface area is 148 Å². The fourth-order valence-electron chi connectivity index (χ4n) is 3.32. The molecule has 2 aliphatic heterocycles. The molecule has 1 amide bonds. The average Bonchev–Trinajstić information content (AvgIpc) is 2.60. The molecule has 25 heavy (non-hydrogen) atoms. The summed E-state index contributed by atoms with van der Waals surface area (Å²) in [7, 11) is -1.54. The van der Waals surface area contributed by atoms with Gasteiger partial charge in [-0.15, -0.1) is 0 Å². The number of aliphatic hydroxyl groups excluding tert-OH is 1. The number of sulfonamides is 1. The van der Waals surface area contributed by atoms with Crippen LogP contribution in [0.1, 0.15) is 18.1 Å². The Morgan fingerprint density at radius 3 is 2.44 bits per heavy atom. The molecule has 1 atom stereocenters. The van der Waals surface area contributed by atoms with Crippen LogP contribution in [0.5, 0.6) is 0 Å². The first kappa shape index (κ1) is 18.3. The molecule has 1 fully saturated rings. The number of fused-ring (bicyclic) bond motifs is 1. The molecule has 138 valence electrons. The van der Waals surface area contributed by atoms with Crippen molar-refractivity contribution < 1.29 is 18.3 Å². The summed E-state index contributed by atoms with van der Waals surface area (Å²) in [4.78, 5) is 16.0. The molecule has 3 rings (SSSR count). The number of aliphatic hydroxyl groups is 1. The van der Waals surface area contributed by atoms with Gasteiger partial charge < -0.3 is 14.9 Å². The van der Waals surface area contributed by atoms with Crippen LogP contribution in [0.25, 0.3) is 0 Å². The quantitative estimate of drug-likeness (QED) is 0.806. The monoisotopic (exact) mass is 367 g/mol. The maximum absolute atomic E-state index is 12.9. The molecule has 1 saturated heterocycles. The Hall–Kier alpha value is -1.48. The summed E-state index contributed by atoms with van der Waals surface area (Å²) in [5.41, 5.74) is 1.91. The van der Waals surface area contributed by atoms with Crippen molar-refractivity contribution >= 4 is 15.9 Å². The maximum atomic E-state index is 12.9. The van der Waals surface area contributed by atoms with Gasteiger partial charge in [-0.25, -0.2) is 8.42 Å². The zero-order valence-corrected chi connectivity index (χ0v) is 15.5. The minimum atomic E-state index is -3.52. The van der Waals surface area contributed by atoms with Crippen molar-refractivity contribution in [3.05, 3.63) is 29.3 Å². The zero-order chi connectivity index (χ0) is 18.2. The van der Waals surface area contributed by atoms with Crippen LogP contribution in [0.4, 0.5) is 0 Å². The fourth-order valence-corrected chi connectivity index (χ4v) is 4.80. The highest BCUT2D eigenvalue weighted by Crippen LogP contribution is 2.25. The predicted molar refractivity (Wildman–Crippen MR) is 93.5 cm³/mol. The van der Waals surface area contributed by atoms with E-state index in [1.165, 1.54) is 11.2 Å². The van der Waals surface area contributed by atoms with Crippen molar-refractivity contribution in [1.82, 2.24) is 14.1 Å². The summed E-state index contributed by atoms with van der Waals surface area (Å²) in [6.45, 7) is 4.76. The van der Waals surface area contributed by atoms with Gasteiger partial charge >= 0.3 is 0 Å². The van der Waals surface area contributed by atoms with Crippen LogP contribution in [-0.4, -0.2) is 79.4 Å². The predicted octanol–water partition coefficient (Wildman–Crippen LogP) is -0.112. The molecule has 0 aromatic heterocycles. The Kier molecular flexibility index (Phi) is 5.15. The molecule has 2 aliphatic rings. The van der Waals surface area contributed by atoms with Crippen molar-refractivity contribution in [2.75, 3.05) is 39.8 Å². The molecule has 0 radical (unpaired) electrons. The first-order valence-electron chi connectivity index (χ1n) is 8.56. The number of piperazine rings is 1. The second-order valence-electron chi connectivity index (χ2n) is 6.82. The number of nitrogens with zero attached hydrogens (tertiary/aromatic N) is 3. The lowest BCUT2D eigenvalue weighted by molar-refractivity contribution is -0.140. The molecule has 0 spiro atoms. The number of carbonyl (C=O) groups excluding carboxylic acids is 1. The summed E-state index contributed by atoms with van der Waals surface area (Å²) >= 11 is 0. The normalized spacial score (nSPS) is 21.0. The average molecular weight is 367 g/mol. The SMILES string of the molecule is C[C@@H](O)C(=O)N1CCc2ccc(S(=O)(=O)N3CCN(C)CC3)cc2C1. The van der Waals surface area contributed by atoms with Crippen molar-refractivity contribution in [2.24, 2.45) is 0 Å². The number of amides is 1. The lowest BCUT2D eigenvalue weighted by atomic mass is 9.99. The molecule has 0 bridgehead atoms. The highest BCUT2D eigenvalue weighted by molar-refractivity contribution is 7.89. The molecule has 1 aromatic rings. The standard InChI is InChI=1S/C17H25N3O4S/c1-13(21)17(22)19-6-5-14-3-4-16(11-15(14)12-19)25(23,24)20-9-7-18(2)8-10-20/h3-4,11,13,21H,5-10,12H2,1-2H3/t13-/m1/s1. The molecule has 2 heterocycles. The minimum Gasteiger partial charge on any atom is -0.384 e. The number of hydrogen-bond donors (Lipinski definition) is 1. The Morgan fingerprint density at radius 1 is 1.12 bits per heavy atom. The van der Waals surface area contributed by atoms with Crippen LogP contribution in [0, 0.1) is 0 Å². The van der Waals surface area contributed by atoms with Gasteiger partial charge in [0.2, 0.25) is 10.0 Å². The molecule has 0 aliphatic carbocycles. The van der Waals surface area contributed by atoms with E-state index in [-0.39, 0.29) is 10.8 Å². The molecular weight excluding hydrogens is 342 g/mol. The summed E-state index contributed by atoms with van der Waals surface area (Å²) in [5, 5.41) is 9.50. The topological polar surface area (TPSA) is 81.2 Å². The van der Waals surface area contributed by atoms with E-state index in [2.05, 4.69) is 4.90 Å². The largest absolute Gasteiger partial charge is 0.384 e. The lowest BCUT2D eigenvalue weighted by Gasteiger charge is -2.32. The van der Waals surface area contributed by atoms with Crippen LogP contribution in [0.15, 0.2) is 23.1 Å². The molecule has 1 aromatic carbocycles. The maximum Gasteiger partial charge on any atom is 0.251 e.